The summed E-state index contributed by atoms with van der Waals surface area (Å²) in [7, 11) is 1.34. The lowest BCUT2D eigenvalue weighted by Crippen LogP contribution is -2.58. The molecule has 0 bridgehead atoms. The molecule has 18 heavy (non-hydrogen) atoms. The quantitative estimate of drug-likeness (QED) is 0.891. The number of anilines is 1. The lowest BCUT2D eigenvalue weighted by Gasteiger charge is -2.34. The van der Waals surface area contributed by atoms with Crippen molar-refractivity contribution in [3.8, 4) is 0 Å². The van der Waals surface area contributed by atoms with Gasteiger partial charge in [0.25, 0.3) is 5.91 Å². The Hall–Kier alpha value is -1.59. The third kappa shape index (κ3) is 1.76. The maximum Gasteiger partial charge on any atom is 0.271 e. The molecule has 1 heterocycles. The van der Waals surface area contributed by atoms with Crippen LogP contribution >= 0.6 is 11.6 Å². The Balaban J connectivity index is 2.54. The van der Waals surface area contributed by atoms with Crippen molar-refractivity contribution in [2.45, 2.75) is 19.1 Å². The number of primary amides is 1. The number of carbonyl (C=O) groups excluding carboxylic acids is 2. The first-order valence-electron chi connectivity index (χ1n) is 5.36. The number of nitrogens with two attached hydrogens (primary N) is 1. The number of nitrogens with zero attached hydrogens (tertiary/aromatic N) is 1. The van der Waals surface area contributed by atoms with Crippen molar-refractivity contribution >= 4 is 29.1 Å². The van der Waals surface area contributed by atoms with Gasteiger partial charge in [0.05, 0.1) is 12.1 Å². The van der Waals surface area contributed by atoms with Gasteiger partial charge in [-0.15, -0.1) is 0 Å². The second-order valence-electron chi connectivity index (χ2n) is 4.23. The molecule has 0 saturated heterocycles. The fraction of sp³-hybridized carbons (Fsp3) is 0.333. The van der Waals surface area contributed by atoms with Crippen LogP contribution in [0.2, 0.25) is 5.02 Å². The second-order valence-corrected chi connectivity index (χ2v) is 4.67. The van der Waals surface area contributed by atoms with Crippen LogP contribution in [0.25, 0.3) is 0 Å². The first-order chi connectivity index (χ1) is 8.40. The number of fused-ring (bicyclic) bond motifs is 1. The number of carbonyl (C=O) groups is 2. The van der Waals surface area contributed by atoms with Gasteiger partial charge in [0.2, 0.25) is 11.6 Å². The summed E-state index contributed by atoms with van der Waals surface area (Å²) < 4.78 is 5.14. The van der Waals surface area contributed by atoms with E-state index in [9.17, 15) is 9.59 Å². The number of halogens is 1. The number of methoxy groups -OCH3 is 1. The summed E-state index contributed by atoms with van der Waals surface area (Å²) in [6.45, 7) is 1.47. The summed E-state index contributed by atoms with van der Waals surface area (Å²) in [5.74, 6) is -0.962. The molecule has 1 aliphatic rings. The van der Waals surface area contributed by atoms with Gasteiger partial charge in [0.1, 0.15) is 0 Å². The van der Waals surface area contributed by atoms with Gasteiger partial charge in [-0.3, -0.25) is 14.5 Å². The minimum absolute atomic E-state index is 0.183. The van der Waals surface area contributed by atoms with Crippen LogP contribution in [0.1, 0.15) is 12.5 Å². The predicted molar refractivity (Wildman–Crippen MR) is 67.3 cm³/mol. The minimum atomic E-state index is -1.49. The molecule has 2 rings (SSSR count). The highest BCUT2D eigenvalue weighted by Gasteiger charge is 2.45. The van der Waals surface area contributed by atoms with E-state index in [1.807, 2.05) is 0 Å². The molecule has 1 atom stereocenters. The number of hydrogen-bond donors (Lipinski definition) is 1. The van der Waals surface area contributed by atoms with Gasteiger partial charge in [-0.1, -0.05) is 11.6 Å². The third-order valence-corrected chi connectivity index (χ3v) is 3.39. The van der Waals surface area contributed by atoms with Crippen LogP contribution < -0.4 is 10.6 Å². The minimum Gasteiger partial charge on any atom is -0.365 e. The zero-order valence-electron chi connectivity index (χ0n) is 10.1. The Morgan fingerprint density at radius 3 is 2.78 bits per heavy atom. The van der Waals surface area contributed by atoms with Crippen molar-refractivity contribution in [3.63, 3.8) is 0 Å². The van der Waals surface area contributed by atoms with Crippen LogP contribution in [0.15, 0.2) is 18.2 Å². The molecule has 1 unspecified atom stereocenters. The van der Waals surface area contributed by atoms with Crippen molar-refractivity contribution in [3.05, 3.63) is 28.8 Å². The van der Waals surface area contributed by atoms with Gasteiger partial charge in [-0.25, -0.2) is 0 Å². The van der Waals surface area contributed by atoms with Crippen LogP contribution in [0.4, 0.5) is 5.69 Å². The van der Waals surface area contributed by atoms with Crippen LogP contribution in [-0.2, 0) is 20.7 Å². The van der Waals surface area contributed by atoms with Gasteiger partial charge >= 0.3 is 0 Å². The normalized spacial score (nSPS) is 17.5. The molecule has 5 nitrogen and oxygen atoms in total. The number of amides is 2. The zero-order valence-corrected chi connectivity index (χ0v) is 10.8. The number of benzene rings is 1. The molecule has 96 valence electrons. The molecule has 6 heteroatoms. The number of rotatable bonds is 3. The highest BCUT2D eigenvalue weighted by atomic mass is 35.5. The van der Waals surface area contributed by atoms with E-state index in [1.165, 1.54) is 18.9 Å². The fourth-order valence-electron chi connectivity index (χ4n) is 2.06. The smallest absolute Gasteiger partial charge is 0.271 e. The van der Waals surface area contributed by atoms with Crippen molar-refractivity contribution in [2.75, 3.05) is 12.0 Å². The van der Waals surface area contributed by atoms with Gasteiger partial charge in [0.15, 0.2) is 0 Å². The summed E-state index contributed by atoms with van der Waals surface area (Å²) in [6, 6.07) is 5.04. The van der Waals surface area contributed by atoms with E-state index in [0.29, 0.717) is 10.7 Å². The van der Waals surface area contributed by atoms with Crippen LogP contribution in [-0.4, -0.2) is 24.6 Å². The molecule has 0 fully saturated rings. The van der Waals surface area contributed by atoms with E-state index in [0.717, 1.165) is 5.56 Å². The Morgan fingerprint density at radius 1 is 1.56 bits per heavy atom. The molecule has 1 aromatic rings. The zero-order chi connectivity index (χ0) is 13.5. The molecule has 0 spiro atoms. The van der Waals surface area contributed by atoms with Gasteiger partial charge in [0, 0.05) is 12.1 Å². The van der Waals surface area contributed by atoms with E-state index < -0.39 is 11.6 Å². The second kappa shape index (κ2) is 4.26. The van der Waals surface area contributed by atoms with Crippen LogP contribution in [0, 0.1) is 0 Å². The predicted octanol–water partition coefficient (Wildman–Crippen LogP) is 1.08. The third-order valence-electron chi connectivity index (χ3n) is 3.15. The van der Waals surface area contributed by atoms with E-state index in [-0.39, 0.29) is 12.3 Å². The number of ether oxygens (including phenoxy) is 1. The molecule has 0 saturated carbocycles. The van der Waals surface area contributed by atoms with E-state index in [4.69, 9.17) is 22.1 Å². The van der Waals surface area contributed by atoms with Crippen molar-refractivity contribution in [1.82, 2.24) is 0 Å². The van der Waals surface area contributed by atoms with E-state index >= 15 is 0 Å². The lowest BCUT2D eigenvalue weighted by molar-refractivity contribution is -0.142. The fourth-order valence-corrected chi connectivity index (χ4v) is 2.25. The Morgan fingerprint density at radius 2 is 2.22 bits per heavy atom. The van der Waals surface area contributed by atoms with Crippen molar-refractivity contribution in [2.24, 2.45) is 5.73 Å². The molecule has 0 radical (unpaired) electrons. The van der Waals surface area contributed by atoms with Crippen LogP contribution in [0.3, 0.4) is 0 Å². The summed E-state index contributed by atoms with van der Waals surface area (Å²) in [6.07, 6.45) is 0.183. The molecule has 1 aromatic carbocycles. The maximum atomic E-state index is 12.0. The topological polar surface area (TPSA) is 72.6 Å². The Bertz CT molecular complexity index is 532. The highest BCUT2D eigenvalue weighted by molar-refractivity contribution is 6.31. The molecule has 2 amide bonds. The number of hydrogen-bond acceptors (Lipinski definition) is 3. The monoisotopic (exact) mass is 268 g/mol. The van der Waals surface area contributed by atoms with Gasteiger partial charge in [-0.2, -0.15) is 0 Å². The molecule has 0 aliphatic carbocycles. The molecule has 1 aliphatic heterocycles. The first-order valence-corrected chi connectivity index (χ1v) is 5.74. The van der Waals surface area contributed by atoms with Crippen molar-refractivity contribution in [1.29, 1.82) is 0 Å². The average molecular weight is 269 g/mol. The molecule has 0 aromatic heterocycles. The van der Waals surface area contributed by atoms with Crippen molar-refractivity contribution < 1.29 is 14.3 Å². The summed E-state index contributed by atoms with van der Waals surface area (Å²) in [5, 5.41) is 0.543. The largest absolute Gasteiger partial charge is 0.365 e. The lowest BCUT2D eigenvalue weighted by atomic mass is 10.1. The van der Waals surface area contributed by atoms with E-state index in [1.54, 1.807) is 18.2 Å². The molecular formula is C12H13ClN2O3. The van der Waals surface area contributed by atoms with Gasteiger partial charge in [-0.05, 0) is 30.7 Å². The SMILES string of the molecule is COC(C)(C(N)=O)N1C(=O)Cc2cc(Cl)ccc21. The maximum absolute atomic E-state index is 12.0. The summed E-state index contributed by atoms with van der Waals surface area (Å²) in [4.78, 5) is 24.9. The standard InChI is InChI=1S/C12H13ClN2O3/c1-12(18-2,11(14)17)15-9-4-3-8(13)5-7(9)6-10(15)16/h3-5H,6H2,1-2H3,(H2,14,17). The first kappa shape index (κ1) is 12.9. The Labute approximate surface area is 109 Å². The summed E-state index contributed by atoms with van der Waals surface area (Å²) in [5.41, 5.74) is 5.20. The highest BCUT2D eigenvalue weighted by Crippen LogP contribution is 2.36. The average Bonchev–Trinajstić information content (AvgIpc) is 2.63. The molecular weight excluding hydrogens is 256 g/mol. The van der Waals surface area contributed by atoms with Gasteiger partial charge < -0.3 is 10.5 Å². The molecule has 2 N–H and O–H groups in total. The van der Waals surface area contributed by atoms with Crippen LogP contribution in [0.5, 0.6) is 0 Å². The Kier molecular flexibility index (Phi) is 3.04. The summed E-state index contributed by atoms with van der Waals surface area (Å²) >= 11 is 5.88. The van der Waals surface area contributed by atoms with E-state index in [2.05, 4.69) is 0 Å².